The van der Waals surface area contributed by atoms with Gasteiger partial charge >= 0.3 is 0 Å². The SMILES string of the molecule is c1ccc(OPCCPOc2ccccc2)cc1. The zero-order valence-electron chi connectivity index (χ0n) is 10.0. The van der Waals surface area contributed by atoms with Crippen molar-refractivity contribution >= 4 is 17.6 Å². The van der Waals surface area contributed by atoms with Crippen molar-refractivity contribution in [2.45, 2.75) is 0 Å². The molecule has 0 fully saturated rings. The summed E-state index contributed by atoms with van der Waals surface area (Å²) in [5.41, 5.74) is 0. The fourth-order valence-corrected chi connectivity index (χ4v) is 2.97. The first kappa shape index (κ1) is 13.3. The minimum atomic E-state index is 0.504. The summed E-state index contributed by atoms with van der Waals surface area (Å²) < 4.78 is 11.3. The Morgan fingerprint density at radius 3 is 1.39 bits per heavy atom. The van der Waals surface area contributed by atoms with E-state index in [1.807, 2.05) is 60.7 Å². The molecule has 0 saturated heterocycles. The van der Waals surface area contributed by atoms with Crippen molar-refractivity contribution < 1.29 is 9.05 Å². The molecule has 2 rings (SSSR count). The van der Waals surface area contributed by atoms with Crippen LogP contribution in [0.1, 0.15) is 0 Å². The third kappa shape index (κ3) is 5.04. The van der Waals surface area contributed by atoms with Crippen LogP contribution in [0.4, 0.5) is 0 Å². The third-order valence-electron chi connectivity index (χ3n) is 2.20. The Labute approximate surface area is 111 Å². The van der Waals surface area contributed by atoms with E-state index in [1.54, 1.807) is 0 Å². The summed E-state index contributed by atoms with van der Waals surface area (Å²) in [4.78, 5) is 0. The zero-order chi connectivity index (χ0) is 12.5. The van der Waals surface area contributed by atoms with Crippen LogP contribution in [0.15, 0.2) is 60.7 Å². The van der Waals surface area contributed by atoms with Gasteiger partial charge in [0.1, 0.15) is 11.5 Å². The third-order valence-corrected chi connectivity index (χ3v) is 4.36. The van der Waals surface area contributed by atoms with E-state index < -0.39 is 0 Å². The molecule has 0 saturated carbocycles. The van der Waals surface area contributed by atoms with Crippen molar-refractivity contribution in [3.8, 4) is 11.5 Å². The van der Waals surface area contributed by atoms with Crippen molar-refractivity contribution in [3.63, 3.8) is 0 Å². The van der Waals surface area contributed by atoms with Crippen LogP contribution in [-0.2, 0) is 0 Å². The average Bonchev–Trinajstić information content (AvgIpc) is 2.45. The van der Waals surface area contributed by atoms with Crippen LogP contribution in [0.2, 0.25) is 0 Å². The van der Waals surface area contributed by atoms with Crippen molar-refractivity contribution in [3.05, 3.63) is 60.7 Å². The Morgan fingerprint density at radius 2 is 1.00 bits per heavy atom. The second-order valence-electron chi connectivity index (χ2n) is 3.62. The van der Waals surface area contributed by atoms with E-state index in [1.165, 1.54) is 0 Å². The van der Waals surface area contributed by atoms with Gasteiger partial charge in [-0.1, -0.05) is 36.4 Å². The van der Waals surface area contributed by atoms with Crippen LogP contribution in [0, 0.1) is 0 Å². The smallest absolute Gasteiger partial charge is 0.122 e. The van der Waals surface area contributed by atoms with E-state index in [4.69, 9.17) is 9.05 Å². The molecule has 2 atom stereocenters. The first-order valence-corrected chi connectivity index (χ1v) is 8.08. The molecule has 0 aromatic heterocycles. The molecular formula is C14H16O2P2. The Morgan fingerprint density at radius 1 is 0.611 bits per heavy atom. The zero-order valence-corrected chi connectivity index (χ0v) is 12.0. The minimum absolute atomic E-state index is 0.504. The van der Waals surface area contributed by atoms with Gasteiger partial charge in [0.2, 0.25) is 0 Å². The van der Waals surface area contributed by atoms with Gasteiger partial charge in [0.15, 0.2) is 0 Å². The minimum Gasteiger partial charge on any atom is -0.477 e. The highest BCUT2D eigenvalue weighted by molar-refractivity contribution is 7.37. The van der Waals surface area contributed by atoms with Gasteiger partial charge in [0, 0.05) is 12.3 Å². The molecule has 0 aliphatic rings. The molecule has 0 N–H and O–H groups in total. The number of hydrogen-bond acceptors (Lipinski definition) is 2. The Kier molecular flexibility index (Phi) is 5.99. The van der Waals surface area contributed by atoms with E-state index in [0.717, 1.165) is 23.8 Å². The monoisotopic (exact) mass is 278 g/mol. The highest BCUT2D eigenvalue weighted by atomic mass is 31.1. The van der Waals surface area contributed by atoms with E-state index in [9.17, 15) is 0 Å². The lowest BCUT2D eigenvalue weighted by atomic mass is 10.3. The first-order valence-electron chi connectivity index (χ1n) is 5.84. The quantitative estimate of drug-likeness (QED) is 0.554. The molecular weight excluding hydrogens is 262 g/mol. The van der Waals surface area contributed by atoms with Gasteiger partial charge in [-0.25, -0.2) is 0 Å². The molecule has 2 aromatic carbocycles. The maximum Gasteiger partial charge on any atom is 0.122 e. The number of para-hydroxylation sites is 2. The fraction of sp³-hybridized carbons (Fsp3) is 0.143. The largest absolute Gasteiger partial charge is 0.477 e. The molecule has 0 amide bonds. The predicted molar refractivity (Wildman–Crippen MR) is 80.5 cm³/mol. The summed E-state index contributed by atoms with van der Waals surface area (Å²) in [6.45, 7) is 0. The molecule has 0 radical (unpaired) electrons. The predicted octanol–water partition coefficient (Wildman–Crippen LogP) is 4.33. The van der Waals surface area contributed by atoms with Crippen LogP contribution in [-0.4, -0.2) is 12.3 Å². The Balaban J connectivity index is 1.54. The van der Waals surface area contributed by atoms with Crippen LogP contribution in [0.5, 0.6) is 11.5 Å². The van der Waals surface area contributed by atoms with Crippen molar-refractivity contribution in [2.75, 3.05) is 12.3 Å². The lowest BCUT2D eigenvalue weighted by Crippen LogP contribution is -1.87. The average molecular weight is 278 g/mol. The lowest BCUT2D eigenvalue weighted by Gasteiger charge is -2.06. The molecule has 18 heavy (non-hydrogen) atoms. The summed E-state index contributed by atoms with van der Waals surface area (Å²) in [6, 6.07) is 19.9. The van der Waals surface area contributed by atoms with Gasteiger partial charge < -0.3 is 9.05 Å². The van der Waals surface area contributed by atoms with E-state index >= 15 is 0 Å². The highest BCUT2D eigenvalue weighted by Crippen LogP contribution is 2.24. The van der Waals surface area contributed by atoms with Crippen molar-refractivity contribution in [1.29, 1.82) is 0 Å². The molecule has 2 aromatic rings. The van der Waals surface area contributed by atoms with Crippen LogP contribution >= 0.6 is 17.6 Å². The number of benzene rings is 2. The summed E-state index contributed by atoms with van der Waals surface area (Å²) in [5, 5.41) is 0. The van der Waals surface area contributed by atoms with Gasteiger partial charge in [-0.3, -0.25) is 0 Å². The Hall–Kier alpha value is -1.10. The van der Waals surface area contributed by atoms with Crippen molar-refractivity contribution in [1.82, 2.24) is 0 Å². The fourth-order valence-electron chi connectivity index (χ4n) is 1.35. The van der Waals surface area contributed by atoms with Gasteiger partial charge in [-0.2, -0.15) is 0 Å². The summed E-state index contributed by atoms with van der Waals surface area (Å²) in [7, 11) is 1.01. The van der Waals surface area contributed by atoms with Crippen molar-refractivity contribution in [2.24, 2.45) is 0 Å². The molecule has 94 valence electrons. The standard InChI is InChI=1S/C14H16O2P2/c1-3-7-13(8-4-1)15-17-11-12-18-16-14-9-5-2-6-10-14/h1-10,17-18H,11-12H2. The van der Waals surface area contributed by atoms with Gasteiger partial charge in [-0.15, -0.1) is 0 Å². The molecule has 0 spiro atoms. The normalized spacial score (nSPS) is 11.3. The molecule has 2 nitrogen and oxygen atoms in total. The maximum atomic E-state index is 5.63. The molecule has 0 aliphatic carbocycles. The topological polar surface area (TPSA) is 18.5 Å². The van der Waals surface area contributed by atoms with Gasteiger partial charge in [-0.05, 0) is 24.3 Å². The molecule has 0 bridgehead atoms. The second-order valence-corrected chi connectivity index (χ2v) is 5.60. The maximum absolute atomic E-state index is 5.63. The number of hydrogen-bond donors (Lipinski definition) is 0. The first-order chi connectivity index (χ1) is 8.95. The molecule has 4 heteroatoms. The van der Waals surface area contributed by atoms with Crippen LogP contribution in [0.25, 0.3) is 0 Å². The summed E-state index contributed by atoms with van der Waals surface area (Å²) in [6.07, 6.45) is 2.08. The molecule has 0 heterocycles. The van der Waals surface area contributed by atoms with Gasteiger partial charge in [0.25, 0.3) is 0 Å². The number of rotatable bonds is 7. The molecule has 2 unspecified atom stereocenters. The summed E-state index contributed by atoms with van der Waals surface area (Å²) >= 11 is 0. The van der Waals surface area contributed by atoms with Crippen LogP contribution in [0.3, 0.4) is 0 Å². The highest BCUT2D eigenvalue weighted by Gasteiger charge is 1.94. The van der Waals surface area contributed by atoms with E-state index in [2.05, 4.69) is 0 Å². The lowest BCUT2D eigenvalue weighted by molar-refractivity contribution is 0.624. The molecule has 0 aliphatic heterocycles. The van der Waals surface area contributed by atoms with Gasteiger partial charge in [0.05, 0.1) is 17.6 Å². The second kappa shape index (κ2) is 8.08. The van der Waals surface area contributed by atoms with Crippen LogP contribution < -0.4 is 9.05 Å². The van der Waals surface area contributed by atoms with E-state index in [-0.39, 0.29) is 0 Å². The Bertz CT molecular complexity index is 391. The van der Waals surface area contributed by atoms with E-state index in [0.29, 0.717) is 17.6 Å². The summed E-state index contributed by atoms with van der Waals surface area (Å²) in [5.74, 6) is 1.89.